The van der Waals surface area contributed by atoms with E-state index in [-0.39, 0.29) is 0 Å². The Morgan fingerprint density at radius 3 is 2.78 bits per heavy atom. The van der Waals surface area contributed by atoms with Crippen molar-refractivity contribution in [2.45, 2.75) is 10.6 Å². The number of anilines is 1. The lowest BCUT2D eigenvalue weighted by atomic mass is 10.2. The quantitative estimate of drug-likeness (QED) is 0.678. The molecule has 0 radical (unpaired) electrons. The van der Waals surface area contributed by atoms with Crippen LogP contribution in [0.25, 0.3) is 0 Å². The molecule has 92 valence electrons. The minimum atomic E-state index is 0.317. The highest BCUT2D eigenvalue weighted by Crippen LogP contribution is 2.35. The predicted molar refractivity (Wildman–Crippen MR) is 73.0 cm³/mol. The largest absolute Gasteiger partial charge is 0.454 e. The van der Waals surface area contributed by atoms with Gasteiger partial charge in [-0.25, -0.2) is 0 Å². The van der Waals surface area contributed by atoms with Gasteiger partial charge in [-0.15, -0.1) is 11.8 Å². The number of ether oxygens (including phenoxy) is 2. The molecule has 0 spiro atoms. The van der Waals surface area contributed by atoms with Crippen LogP contribution in [0.1, 0.15) is 5.56 Å². The van der Waals surface area contributed by atoms with Crippen molar-refractivity contribution in [2.24, 2.45) is 0 Å². The highest BCUT2D eigenvalue weighted by molar-refractivity contribution is 7.98. The van der Waals surface area contributed by atoms with Gasteiger partial charge in [-0.2, -0.15) is 0 Å². The molecule has 2 N–H and O–H groups in total. The molecule has 1 heterocycles. The molecule has 2 aromatic rings. The lowest BCUT2D eigenvalue weighted by molar-refractivity contribution is 0.174. The maximum atomic E-state index is 5.91. The van der Waals surface area contributed by atoms with Crippen molar-refractivity contribution in [1.82, 2.24) is 0 Å². The van der Waals surface area contributed by atoms with Crippen molar-refractivity contribution in [1.29, 1.82) is 0 Å². The molecule has 0 bridgehead atoms. The van der Waals surface area contributed by atoms with E-state index in [9.17, 15) is 0 Å². The fourth-order valence-corrected chi connectivity index (χ4v) is 2.72. The third-order valence-electron chi connectivity index (χ3n) is 2.75. The van der Waals surface area contributed by atoms with Gasteiger partial charge in [-0.1, -0.05) is 18.2 Å². The van der Waals surface area contributed by atoms with Gasteiger partial charge in [0.05, 0.1) is 0 Å². The molecule has 0 unspecified atom stereocenters. The number of para-hydroxylation sites is 1. The number of hydrogen-bond acceptors (Lipinski definition) is 4. The molecular formula is C14H13NO2S. The third kappa shape index (κ3) is 2.24. The van der Waals surface area contributed by atoms with Crippen LogP contribution in [0.5, 0.6) is 11.5 Å². The highest BCUT2D eigenvalue weighted by Gasteiger charge is 2.13. The number of nitrogens with two attached hydrogens (primary N) is 1. The molecule has 0 fully saturated rings. The van der Waals surface area contributed by atoms with E-state index in [1.165, 1.54) is 5.56 Å². The van der Waals surface area contributed by atoms with Crippen LogP contribution in [0, 0.1) is 0 Å². The van der Waals surface area contributed by atoms with Gasteiger partial charge in [0, 0.05) is 16.3 Å². The number of nitrogen functional groups attached to an aromatic ring is 1. The minimum absolute atomic E-state index is 0.317. The van der Waals surface area contributed by atoms with Gasteiger partial charge in [-0.3, -0.25) is 0 Å². The predicted octanol–water partition coefficient (Wildman–Crippen LogP) is 3.29. The Morgan fingerprint density at radius 1 is 1.06 bits per heavy atom. The first kappa shape index (κ1) is 11.3. The Labute approximate surface area is 110 Å². The average Bonchev–Trinajstić information content (AvgIpc) is 2.85. The molecule has 1 aliphatic rings. The fraction of sp³-hybridized carbons (Fsp3) is 0.143. The second kappa shape index (κ2) is 4.82. The minimum Gasteiger partial charge on any atom is -0.454 e. The molecule has 0 saturated carbocycles. The Balaban J connectivity index is 1.72. The number of rotatable bonds is 3. The lowest BCUT2D eigenvalue weighted by Crippen LogP contribution is -1.92. The zero-order chi connectivity index (χ0) is 12.4. The summed E-state index contributed by atoms with van der Waals surface area (Å²) in [5, 5.41) is 0. The van der Waals surface area contributed by atoms with Crippen molar-refractivity contribution >= 4 is 17.4 Å². The lowest BCUT2D eigenvalue weighted by Gasteiger charge is -2.05. The van der Waals surface area contributed by atoms with E-state index in [0.717, 1.165) is 27.8 Å². The molecule has 18 heavy (non-hydrogen) atoms. The van der Waals surface area contributed by atoms with E-state index in [2.05, 4.69) is 6.07 Å². The molecule has 4 heteroatoms. The van der Waals surface area contributed by atoms with Crippen LogP contribution >= 0.6 is 11.8 Å². The van der Waals surface area contributed by atoms with Gasteiger partial charge in [-0.05, 0) is 29.8 Å². The summed E-state index contributed by atoms with van der Waals surface area (Å²) in [5.74, 6) is 2.52. The maximum Gasteiger partial charge on any atom is 0.231 e. The molecule has 0 amide bonds. The van der Waals surface area contributed by atoms with Crippen LogP contribution < -0.4 is 15.2 Å². The van der Waals surface area contributed by atoms with Gasteiger partial charge in [0.15, 0.2) is 11.5 Å². The standard InChI is InChI=1S/C14H13NO2S/c15-11-3-1-2-4-14(11)18-8-10-5-6-12-13(7-10)17-9-16-12/h1-7H,8-9,15H2. The van der Waals surface area contributed by atoms with Crippen molar-refractivity contribution in [3.63, 3.8) is 0 Å². The Hall–Kier alpha value is -1.81. The number of fused-ring (bicyclic) bond motifs is 1. The summed E-state index contributed by atoms with van der Waals surface area (Å²) in [4.78, 5) is 1.11. The van der Waals surface area contributed by atoms with Gasteiger partial charge >= 0.3 is 0 Å². The summed E-state index contributed by atoms with van der Waals surface area (Å²) in [7, 11) is 0. The smallest absolute Gasteiger partial charge is 0.231 e. The zero-order valence-corrected chi connectivity index (χ0v) is 10.6. The van der Waals surface area contributed by atoms with Crippen molar-refractivity contribution in [3.8, 4) is 11.5 Å². The van der Waals surface area contributed by atoms with Gasteiger partial charge in [0.1, 0.15) is 0 Å². The summed E-state index contributed by atoms with van der Waals surface area (Å²) >= 11 is 1.72. The highest BCUT2D eigenvalue weighted by atomic mass is 32.2. The van der Waals surface area contributed by atoms with Gasteiger partial charge in [0.2, 0.25) is 6.79 Å². The zero-order valence-electron chi connectivity index (χ0n) is 9.76. The topological polar surface area (TPSA) is 44.5 Å². The summed E-state index contributed by atoms with van der Waals surface area (Å²) in [6, 6.07) is 13.9. The van der Waals surface area contributed by atoms with Crippen molar-refractivity contribution in [3.05, 3.63) is 48.0 Å². The van der Waals surface area contributed by atoms with E-state index in [1.807, 2.05) is 36.4 Å². The maximum absolute atomic E-state index is 5.91. The third-order valence-corrected chi connectivity index (χ3v) is 3.91. The summed E-state index contributed by atoms with van der Waals surface area (Å²) in [5.41, 5.74) is 7.93. The monoisotopic (exact) mass is 259 g/mol. The molecule has 0 atom stereocenters. The van der Waals surface area contributed by atoms with Crippen LogP contribution in [0.2, 0.25) is 0 Å². The normalized spacial score (nSPS) is 12.7. The van der Waals surface area contributed by atoms with Crippen molar-refractivity contribution < 1.29 is 9.47 Å². The summed E-state index contributed by atoms with van der Waals surface area (Å²) < 4.78 is 10.6. The van der Waals surface area contributed by atoms with Crippen molar-refractivity contribution in [2.75, 3.05) is 12.5 Å². The fourth-order valence-electron chi connectivity index (χ4n) is 1.80. The number of hydrogen-bond donors (Lipinski definition) is 1. The molecule has 3 nitrogen and oxygen atoms in total. The Morgan fingerprint density at radius 2 is 1.89 bits per heavy atom. The average molecular weight is 259 g/mol. The van der Waals surface area contributed by atoms with E-state index in [4.69, 9.17) is 15.2 Å². The molecule has 0 saturated heterocycles. The Kier molecular flexibility index (Phi) is 3.02. The van der Waals surface area contributed by atoms with Crippen LogP contribution in [0.3, 0.4) is 0 Å². The van der Waals surface area contributed by atoms with Gasteiger partial charge < -0.3 is 15.2 Å². The van der Waals surface area contributed by atoms with Crippen LogP contribution in [0.15, 0.2) is 47.4 Å². The molecule has 0 aliphatic carbocycles. The molecule has 3 rings (SSSR count). The number of thioether (sulfide) groups is 1. The van der Waals surface area contributed by atoms with E-state index >= 15 is 0 Å². The molecular weight excluding hydrogens is 246 g/mol. The van der Waals surface area contributed by atoms with Crippen LogP contribution in [-0.2, 0) is 5.75 Å². The van der Waals surface area contributed by atoms with Crippen LogP contribution in [-0.4, -0.2) is 6.79 Å². The molecule has 2 aromatic carbocycles. The van der Waals surface area contributed by atoms with E-state index in [0.29, 0.717) is 6.79 Å². The molecule has 1 aliphatic heterocycles. The first-order chi connectivity index (χ1) is 8.83. The second-order valence-electron chi connectivity index (χ2n) is 4.01. The summed E-state index contributed by atoms with van der Waals surface area (Å²) in [6.45, 7) is 0.317. The molecule has 0 aromatic heterocycles. The van der Waals surface area contributed by atoms with E-state index in [1.54, 1.807) is 11.8 Å². The number of benzene rings is 2. The summed E-state index contributed by atoms with van der Waals surface area (Å²) in [6.07, 6.45) is 0. The Bertz CT molecular complexity index is 571. The first-order valence-electron chi connectivity index (χ1n) is 5.69. The van der Waals surface area contributed by atoms with Gasteiger partial charge in [0.25, 0.3) is 0 Å². The van der Waals surface area contributed by atoms with Crippen LogP contribution in [0.4, 0.5) is 5.69 Å². The second-order valence-corrected chi connectivity index (χ2v) is 5.03. The van der Waals surface area contributed by atoms with E-state index < -0.39 is 0 Å². The first-order valence-corrected chi connectivity index (χ1v) is 6.67. The SMILES string of the molecule is Nc1ccccc1SCc1ccc2c(c1)OCO2.